The van der Waals surface area contributed by atoms with Crippen LogP contribution < -0.4 is 5.69 Å². The van der Waals surface area contributed by atoms with Gasteiger partial charge in [-0.05, 0) is 47.4 Å². The second kappa shape index (κ2) is 9.76. The molecule has 176 valence electrons. The number of benzene rings is 2. The summed E-state index contributed by atoms with van der Waals surface area (Å²) < 4.78 is 3.31. The van der Waals surface area contributed by atoms with Crippen molar-refractivity contribution in [1.82, 2.24) is 34.7 Å². The number of pyridine rings is 1. The number of hydrogen-bond donors (Lipinski definition) is 2. The normalized spacial score (nSPS) is 11.1. The number of tetrazole rings is 1. The molecule has 0 aliphatic heterocycles. The molecule has 3 aromatic heterocycles. The Bertz CT molecular complexity index is 1490. The first kappa shape index (κ1) is 22.3. The van der Waals surface area contributed by atoms with E-state index in [1.165, 1.54) is 4.57 Å². The smallest absolute Gasteiger partial charge is 0.333 e. The highest BCUT2D eigenvalue weighted by Crippen LogP contribution is 2.28. The highest BCUT2D eigenvalue weighted by atomic mass is 16.3. The fraction of sp³-hybridized carbons (Fsp3) is 0.192. The number of rotatable bonds is 8. The molecule has 9 nitrogen and oxygen atoms in total. The molecule has 0 radical (unpaired) electrons. The molecule has 0 saturated heterocycles. The summed E-state index contributed by atoms with van der Waals surface area (Å²) in [5.41, 5.74) is 4.75. The SMILES string of the molecule is CCCCc1cn(-c2ccccc2O)c(=O)n1Cc1ccc(-c2cccnc2-c2nn[nH]n2)cc1. The Morgan fingerprint density at radius 1 is 1.03 bits per heavy atom. The van der Waals surface area contributed by atoms with Crippen molar-refractivity contribution in [3.8, 4) is 34.1 Å². The van der Waals surface area contributed by atoms with E-state index in [4.69, 9.17) is 0 Å². The number of para-hydroxylation sites is 2. The van der Waals surface area contributed by atoms with Crippen molar-refractivity contribution in [2.75, 3.05) is 0 Å². The summed E-state index contributed by atoms with van der Waals surface area (Å²) in [4.78, 5) is 17.8. The van der Waals surface area contributed by atoms with Crippen LogP contribution in [0.25, 0.3) is 28.3 Å². The van der Waals surface area contributed by atoms with Gasteiger partial charge in [-0.2, -0.15) is 5.21 Å². The van der Waals surface area contributed by atoms with E-state index in [0.29, 0.717) is 23.8 Å². The third-order valence-electron chi connectivity index (χ3n) is 5.96. The van der Waals surface area contributed by atoms with Gasteiger partial charge in [-0.3, -0.25) is 14.1 Å². The Morgan fingerprint density at radius 3 is 2.60 bits per heavy atom. The molecular weight excluding hydrogens is 442 g/mol. The van der Waals surface area contributed by atoms with Crippen LogP contribution in [0.2, 0.25) is 0 Å². The van der Waals surface area contributed by atoms with Crippen molar-refractivity contribution in [3.05, 3.63) is 94.8 Å². The maximum atomic E-state index is 13.4. The zero-order valence-corrected chi connectivity index (χ0v) is 19.3. The summed E-state index contributed by atoms with van der Waals surface area (Å²) in [5.74, 6) is 0.509. The topological polar surface area (TPSA) is 115 Å². The number of imidazole rings is 1. The van der Waals surface area contributed by atoms with E-state index in [9.17, 15) is 9.90 Å². The van der Waals surface area contributed by atoms with Gasteiger partial charge in [-0.25, -0.2) is 4.79 Å². The van der Waals surface area contributed by atoms with Crippen molar-refractivity contribution in [1.29, 1.82) is 0 Å². The van der Waals surface area contributed by atoms with Gasteiger partial charge in [0.1, 0.15) is 11.4 Å². The van der Waals surface area contributed by atoms with E-state index >= 15 is 0 Å². The molecule has 0 atom stereocenters. The van der Waals surface area contributed by atoms with Gasteiger partial charge < -0.3 is 5.11 Å². The predicted molar refractivity (Wildman–Crippen MR) is 132 cm³/mol. The molecule has 5 aromatic rings. The van der Waals surface area contributed by atoms with Gasteiger partial charge in [0, 0.05) is 23.7 Å². The summed E-state index contributed by atoms with van der Waals surface area (Å²) >= 11 is 0. The van der Waals surface area contributed by atoms with Crippen molar-refractivity contribution in [2.45, 2.75) is 32.7 Å². The minimum absolute atomic E-state index is 0.0759. The summed E-state index contributed by atoms with van der Waals surface area (Å²) in [7, 11) is 0. The molecule has 0 unspecified atom stereocenters. The third-order valence-corrected chi connectivity index (χ3v) is 5.96. The first-order valence-corrected chi connectivity index (χ1v) is 11.5. The minimum Gasteiger partial charge on any atom is -0.506 e. The van der Waals surface area contributed by atoms with Crippen LogP contribution in [-0.2, 0) is 13.0 Å². The monoisotopic (exact) mass is 467 g/mol. The molecule has 2 aromatic carbocycles. The van der Waals surface area contributed by atoms with Crippen LogP contribution in [0.1, 0.15) is 31.0 Å². The maximum Gasteiger partial charge on any atom is 0.333 e. The summed E-state index contributed by atoms with van der Waals surface area (Å²) in [6, 6.07) is 18.8. The number of hydrogen-bond acceptors (Lipinski definition) is 6. The zero-order valence-electron chi connectivity index (χ0n) is 19.3. The fourth-order valence-corrected chi connectivity index (χ4v) is 4.14. The van der Waals surface area contributed by atoms with Crippen LogP contribution in [0.5, 0.6) is 5.75 Å². The minimum atomic E-state index is -0.173. The Hall–Kier alpha value is -4.53. The van der Waals surface area contributed by atoms with E-state index < -0.39 is 0 Å². The molecule has 3 heterocycles. The van der Waals surface area contributed by atoms with Gasteiger partial charge in [-0.15, -0.1) is 10.2 Å². The lowest BCUT2D eigenvalue weighted by molar-refractivity contribution is 0.471. The van der Waals surface area contributed by atoms with Gasteiger partial charge in [0.15, 0.2) is 0 Å². The van der Waals surface area contributed by atoms with Crippen LogP contribution in [-0.4, -0.2) is 39.8 Å². The molecule has 0 aliphatic carbocycles. The van der Waals surface area contributed by atoms with Gasteiger partial charge in [-0.1, -0.05) is 55.8 Å². The molecule has 9 heteroatoms. The molecule has 0 amide bonds. The molecule has 0 spiro atoms. The average molecular weight is 468 g/mol. The number of H-pyrrole nitrogens is 1. The Morgan fingerprint density at radius 2 is 1.86 bits per heavy atom. The lowest BCUT2D eigenvalue weighted by atomic mass is 10.0. The van der Waals surface area contributed by atoms with E-state index in [1.807, 2.05) is 48.7 Å². The van der Waals surface area contributed by atoms with E-state index in [2.05, 4.69) is 32.5 Å². The average Bonchev–Trinajstić information content (AvgIpc) is 3.53. The van der Waals surface area contributed by atoms with Crippen molar-refractivity contribution >= 4 is 0 Å². The number of aromatic nitrogens is 7. The van der Waals surface area contributed by atoms with Crippen LogP contribution in [0.15, 0.2) is 77.9 Å². The van der Waals surface area contributed by atoms with Crippen LogP contribution >= 0.6 is 0 Å². The van der Waals surface area contributed by atoms with Crippen LogP contribution in [0, 0.1) is 0 Å². The fourth-order valence-electron chi connectivity index (χ4n) is 4.14. The third kappa shape index (κ3) is 4.48. The zero-order chi connectivity index (χ0) is 24.2. The Kier molecular flexibility index (Phi) is 6.21. The number of aryl methyl sites for hydroxylation is 1. The quantitative estimate of drug-likeness (QED) is 0.357. The maximum absolute atomic E-state index is 13.4. The van der Waals surface area contributed by atoms with E-state index in [1.54, 1.807) is 29.0 Å². The van der Waals surface area contributed by atoms with Gasteiger partial charge in [0.05, 0.1) is 12.2 Å². The van der Waals surface area contributed by atoms with Crippen molar-refractivity contribution < 1.29 is 5.11 Å². The summed E-state index contributed by atoms with van der Waals surface area (Å²) in [6.07, 6.45) is 6.33. The first-order valence-electron chi connectivity index (χ1n) is 11.5. The van der Waals surface area contributed by atoms with Crippen molar-refractivity contribution in [3.63, 3.8) is 0 Å². The lowest BCUT2D eigenvalue weighted by Gasteiger charge is -2.09. The molecule has 2 N–H and O–H groups in total. The molecule has 5 rings (SSSR count). The number of nitrogens with zero attached hydrogens (tertiary/aromatic N) is 6. The number of aromatic amines is 1. The van der Waals surface area contributed by atoms with Gasteiger partial charge in [0.25, 0.3) is 0 Å². The van der Waals surface area contributed by atoms with Crippen LogP contribution in [0.4, 0.5) is 0 Å². The van der Waals surface area contributed by atoms with Crippen molar-refractivity contribution in [2.24, 2.45) is 0 Å². The van der Waals surface area contributed by atoms with Crippen LogP contribution in [0.3, 0.4) is 0 Å². The van der Waals surface area contributed by atoms with Gasteiger partial charge >= 0.3 is 5.69 Å². The molecule has 0 aliphatic rings. The first-order chi connectivity index (χ1) is 17.2. The Balaban J connectivity index is 1.47. The number of phenolic OH excluding ortho intramolecular Hbond substituents is 1. The lowest BCUT2D eigenvalue weighted by Crippen LogP contribution is -2.24. The summed E-state index contributed by atoms with van der Waals surface area (Å²) in [5, 5.41) is 24.5. The second-order valence-corrected chi connectivity index (χ2v) is 8.28. The number of nitrogens with one attached hydrogen (secondary N) is 1. The predicted octanol–water partition coefficient (Wildman–Crippen LogP) is 3.98. The Labute approximate surface area is 201 Å². The van der Waals surface area contributed by atoms with Gasteiger partial charge in [0.2, 0.25) is 5.82 Å². The molecule has 0 saturated carbocycles. The molecule has 0 bridgehead atoms. The number of unbranched alkanes of at least 4 members (excludes halogenated alkanes) is 1. The second-order valence-electron chi connectivity index (χ2n) is 8.28. The highest BCUT2D eigenvalue weighted by Gasteiger charge is 2.16. The van der Waals surface area contributed by atoms with E-state index in [0.717, 1.165) is 41.6 Å². The number of phenols is 1. The largest absolute Gasteiger partial charge is 0.506 e. The summed E-state index contributed by atoms with van der Waals surface area (Å²) in [6.45, 7) is 2.56. The number of aromatic hydroxyl groups is 1. The van der Waals surface area contributed by atoms with E-state index in [-0.39, 0.29) is 11.4 Å². The molecule has 0 fully saturated rings. The molecular formula is C26H25N7O2. The highest BCUT2D eigenvalue weighted by molar-refractivity contribution is 5.77. The standard InChI is InChI=1S/C26H25N7O2/c1-2-3-7-20-17-33(22-9-4-5-10-23(22)34)26(35)32(20)16-18-11-13-19(14-12-18)21-8-6-15-27-24(21)25-28-30-31-29-25/h4-6,8-15,17,34H,2-3,7,16H2,1H3,(H,28,29,30,31). The molecule has 35 heavy (non-hydrogen) atoms.